The Bertz CT molecular complexity index is 598. The minimum absolute atomic E-state index is 0. The van der Waals surface area contributed by atoms with Gasteiger partial charge in [0.1, 0.15) is 0 Å². The molecular formula is C27H39BP. The van der Waals surface area contributed by atoms with Gasteiger partial charge in [-0.15, -0.1) is 8.58 Å². The molecule has 2 heteroatoms. The molecule has 0 saturated heterocycles. The highest BCUT2D eigenvalue weighted by molar-refractivity contribution is 7.42. The van der Waals surface area contributed by atoms with Crippen LogP contribution in [0.25, 0.3) is 0 Å². The average Bonchev–Trinajstić information content (AvgIpc) is 2.59. The number of rotatable bonds is 2. The molecule has 0 aliphatic heterocycles. The van der Waals surface area contributed by atoms with Crippen LogP contribution in [-0.4, -0.2) is 18.7 Å². The van der Waals surface area contributed by atoms with E-state index in [-0.39, 0.29) is 8.41 Å². The van der Waals surface area contributed by atoms with Crippen LogP contribution >= 0.6 is 8.58 Å². The van der Waals surface area contributed by atoms with E-state index in [0.29, 0.717) is 0 Å². The van der Waals surface area contributed by atoms with Gasteiger partial charge in [0, 0.05) is 8.41 Å². The number of benzene rings is 1. The van der Waals surface area contributed by atoms with Crippen molar-refractivity contribution in [2.24, 2.45) is 35.5 Å². The minimum atomic E-state index is 0. The monoisotopic (exact) mass is 405 g/mol. The third-order valence-corrected chi connectivity index (χ3v) is 11.8. The Morgan fingerprint density at radius 3 is 1.14 bits per heavy atom. The number of aryl methyl sites for hydroxylation is 1. The Morgan fingerprint density at radius 1 is 0.586 bits per heavy atom. The summed E-state index contributed by atoms with van der Waals surface area (Å²) in [5.74, 6) is 6.99. The maximum atomic E-state index is 2.08. The number of hydrogen-bond donors (Lipinski definition) is 0. The topological polar surface area (TPSA) is 0 Å². The van der Waals surface area contributed by atoms with E-state index in [9.17, 15) is 0 Å². The molecule has 8 saturated carbocycles. The molecule has 8 bridgehead atoms. The molecule has 8 fully saturated rings. The second-order valence-electron chi connectivity index (χ2n) is 12.2. The maximum absolute atomic E-state index is 2.08. The Kier molecular flexibility index (Phi) is 5.47. The molecule has 9 rings (SSSR count). The van der Waals surface area contributed by atoms with Crippen molar-refractivity contribution in [2.75, 3.05) is 0 Å². The molecule has 0 nitrogen and oxygen atoms in total. The summed E-state index contributed by atoms with van der Waals surface area (Å²) in [6.07, 6.45) is 19.8. The lowest BCUT2D eigenvalue weighted by Gasteiger charge is -2.63. The van der Waals surface area contributed by atoms with Crippen LogP contribution < -0.4 is 0 Å². The normalized spacial score (nSPS) is 48.4. The molecular weight excluding hydrogens is 366 g/mol. The molecule has 8 aliphatic carbocycles. The van der Waals surface area contributed by atoms with E-state index < -0.39 is 0 Å². The fraction of sp³-hybridized carbons (Fsp3) is 0.778. The van der Waals surface area contributed by atoms with Crippen molar-refractivity contribution in [3.8, 4) is 0 Å². The van der Waals surface area contributed by atoms with E-state index in [1.807, 2.05) is 18.2 Å². The molecule has 0 spiro atoms. The van der Waals surface area contributed by atoms with Crippen LogP contribution in [0, 0.1) is 42.4 Å². The maximum Gasteiger partial charge on any atom is 0 e. The summed E-state index contributed by atoms with van der Waals surface area (Å²) in [6.45, 7) is 2.08. The van der Waals surface area contributed by atoms with Crippen LogP contribution in [0.1, 0.15) is 82.6 Å². The van der Waals surface area contributed by atoms with Crippen LogP contribution in [0.3, 0.4) is 0 Å². The second kappa shape index (κ2) is 7.69. The standard InChI is InChI=1S/C20H31P.C7H8.B/c1-13-2-15-3-14(1)8-19(7-13,9-15)21-20-10-16-4-17(11-20)6-18(5-16)12-20;1-7-5-3-2-4-6-7;/h13-18,21H,1-12H2;2-6H,1H3;. The first-order valence-electron chi connectivity index (χ1n) is 12.4. The third-order valence-electron chi connectivity index (χ3n) is 9.55. The highest BCUT2D eigenvalue weighted by atomic mass is 31.1. The molecule has 8 aliphatic rings. The molecule has 0 unspecified atom stereocenters. The van der Waals surface area contributed by atoms with Crippen molar-refractivity contribution >= 4 is 17.0 Å². The van der Waals surface area contributed by atoms with Gasteiger partial charge in [-0.1, -0.05) is 35.9 Å². The Labute approximate surface area is 182 Å². The summed E-state index contributed by atoms with van der Waals surface area (Å²) >= 11 is 0. The van der Waals surface area contributed by atoms with Gasteiger partial charge in [-0.3, -0.25) is 0 Å². The van der Waals surface area contributed by atoms with E-state index in [0.717, 1.165) is 45.8 Å². The molecule has 0 aromatic heterocycles. The molecule has 29 heavy (non-hydrogen) atoms. The summed E-state index contributed by atoms with van der Waals surface area (Å²) in [5.41, 5.74) is 1.32. The number of hydrogen-bond acceptors (Lipinski definition) is 0. The third kappa shape index (κ3) is 4.00. The Balaban J connectivity index is 0.000000196. The molecule has 0 amide bonds. The first kappa shape index (κ1) is 20.6. The molecule has 3 radical (unpaired) electrons. The Morgan fingerprint density at radius 2 is 0.897 bits per heavy atom. The van der Waals surface area contributed by atoms with Crippen LogP contribution in [0.2, 0.25) is 0 Å². The molecule has 155 valence electrons. The van der Waals surface area contributed by atoms with Crippen molar-refractivity contribution in [2.45, 2.75) is 94.3 Å². The van der Waals surface area contributed by atoms with Crippen molar-refractivity contribution < 1.29 is 0 Å². The van der Waals surface area contributed by atoms with E-state index in [1.54, 1.807) is 77.0 Å². The summed E-state index contributed by atoms with van der Waals surface area (Å²) in [6, 6.07) is 10.3. The van der Waals surface area contributed by atoms with Gasteiger partial charge in [0.05, 0.1) is 0 Å². The molecule has 0 heterocycles. The second-order valence-corrected chi connectivity index (χ2v) is 14.5. The predicted molar refractivity (Wildman–Crippen MR) is 127 cm³/mol. The van der Waals surface area contributed by atoms with Gasteiger partial charge in [-0.25, -0.2) is 0 Å². The van der Waals surface area contributed by atoms with Crippen molar-refractivity contribution in [3.63, 3.8) is 0 Å². The first-order chi connectivity index (χ1) is 13.6. The van der Waals surface area contributed by atoms with Crippen molar-refractivity contribution in [1.29, 1.82) is 0 Å². The van der Waals surface area contributed by atoms with Gasteiger partial charge in [0.25, 0.3) is 0 Å². The van der Waals surface area contributed by atoms with Crippen LogP contribution in [0.4, 0.5) is 0 Å². The van der Waals surface area contributed by atoms with Crippen LogP contribution in [0.15, 0.2) is 30.3 Å². The van der Waals surface area contributed by atoms with Gasteiger partial charge in [0.2, 0.25) is 0 Å². The smallest absolute Gasteiger partial charge is 0 e. The largest absolute Gasteiger partial charge is 0.109 e. The van der Waals surface area contributed by atoms with E-state index in [4.69, 9.17) is 0 Å². The van der Waals surface area contributed by atoms with Gasteiger partial charge in [-0.05, 0) is 130 Å². The minimum Gasteiger partial charge on any atom is -0.109 e. The first-order valence-corrected chi connectivity index (χ1v) is 13.4. The lowest BCUT2D eigenvalue weighted by molar-refractivity contribution is 0.0210. The van der Waals surface area contributed by atoms with Gasteiger partial charge in [0.15, 0.2) is 0 Å². The van der Waals surface area contributed by atoms with E-state index >= 15 is 0 Å². The summed E-state index contributed by atoms with van der Waals surface area (Å²) in [4.78, 5) is 0. The van der Waals surface area contributed by atoms with Crippen molar-refractivity contribution in [1.82, 2.24) is 0 Å². The van der Waals surface area contributed by atoms with Gasteiger partial charge >= 0.3 is 0 Å². The lowest BCUT2D eigenvalue weighted by atomic mass is 9.55. The van der Waals surface area contributed by atoms with Crippen molar-refractivity contribution in [3.05, 3.63) is 35.9 Å². The molecule has 0 N–H and O–H groups in total. The fourth-order valence-electron chi connectivity index (χ4n) is 9.62. The van der Waals surface area contributed by atoms with Gasteiger partial charge in [-0.2, -0.15) is 0 Å². The van der Waals surface area contributed by atoms with Crippen LogP contribution in [-0.2, 0) is 0 Å². The molecule has 1 aromatic rings. The van der Waals surface area contributed by atoms with Gasteiger partial charge < -0.3 is 0 Å². The zero-order chi connectivity index (χ0) is 18.8. The summed E-state index contributed by atoms with van der Waals surface area (Å²) in [5, 5.41) is 1.75. The highest BCUT2D eigenvalue weighted by Gasteiger charge is 2.57. The Hall–Kier alpha value is -0.285. The van der Waals surface area contributed by atoms with E-state index in [2.05, 4.69) is 19.1 Å². The highest BCUT2D eigenvalue weighted by Crippen LogP contribution is 2.71. The summed E-state index contributed by atoms with van der Waals surface area (Å²) < 4.78 is 0. The van der Waals surface area contributed by atoms with E-state index in [1.165, 1.54) is 14.1 Å². The predicted octanol–water partition coefficient (Wildman–Crippen LogP) is 7.22. The zero-order valence-corrected chi connectivity index (χ0v) is 19.4. The fourth-order valence-corrected chi connectivity index (χ4v) is 13.1. The SMILES string of the molecule is C1C2CC3CC1CC(PC14CC5CC(CC(C5)C1)C4)(C2)C3.Cc1ccccc1.[B]. The average molecular weight is 405 g/mol. The zero-order valence-electron chi connectivity index (χ0n) is 18.4. The quantitative estimate of drug-likeness (QED) is 0.360. The lowest BCUT2D eigenvalue weighted by Crippen LogP contribution is -2.53. The van der Waals surface area contributed by atoms with Crippen LogP contribution in [0.5, 0.6) is 0 Å². The summed E-state index contributed by atoms with van der Waals surface area (Å²) in [7, 11) is 1.38. The molecule has 0 atom stereocenters. The molecule has 1 aromatic carbocycles.